The highest BCUT2D eigenvalue weighted by molar-refractivity contribution is 5.98. The molecule has 1 fully saturated rings. The van der Waals surface area contributed by atoms with Crippen LogP contribution in [0.2, 0.25) is 0 Å². The van der Waals surface area contributed by atoms with Gasteiger partial charge in [0, 0.05) is 44.8 Å². The van der Waals surface area contributed by atoms with Crippen molar-refractivity contribution >= 4 is 22.6 Å². The molecular weight excluding hydrogens is 384 g/mol. The second-order valence-electron chi connectivity index (χ2n) is 7.84. The predicted octanol–water partition coefficient (Wildman–Crippen LogP) is 2.39. The lowest BCUT2D eigenvalue weighted by Crippen LogP contribution is -2.32. The van der Waals surface area contributed by atoms with Crippen LogP contribution >= 0.6 is 0 Å². The third-order valence-electron chi connectivity index (χ3n) is 5.60. The lowest BCUT2D eigenvalue weighted by Gasteiger charge is -2.25. The molecule has 3 aromatic rings. The Morgan fingerprint density at radius 3 is 2.90 bits per heavy atom. The molecule has 8 heteroatoms. The zero-order chi connectivity index (χ0) is 21.3. The highest BCUT2D eigenvalue weighted by atomic mass is 16.5. The standard InChI is InChI=1S/C22H26N4O4/c1-14(28)24-21-8-16-17(10-26(2)19(16)9-23-21)18-6-15(11-29-3)7-20(25-18)22(12-27)4-5-30-13-22/h6-10,27H,4-5,11-13H2,1-3H3,(H,23,24,28)/t22-/m1/s1. The smallest absolute Gasteiger partial charge is 0.222 e. The Bertz CT molecular complexity index is 1090. The molecule has 0 spiro atoms. The molecule has 4 rings (SSSR count). The Kier molecular flexibility index (Phi) is 5.55. The first-order valence-corrected chi connectivity index (χ1v) is 9.88. The number of ether oxygens (including phenoxy) is 2. The first-order chi connectivity index (χ1) is 14.5. The van der Waals surface area contributed by atoms with Crippen LogP contribution in [0.4, 0.5) is 5.82 Å². The fraction of sp³-hybridized carbons (Fsp3) is 0.409. The largest absolute Gasteiger partial charge is 0.395 e. The summed E-state index contributed by atoms with van der Waals surface area (Å²) in [7, 11) is 3.61. The number of nitrogens with one attached hydrogen (secondary N) is 1. The maximum atomic E-state index is 11.5. The molecule has 3 aromatic heterocycles. The number of hydrogen-bond donors (Lipinski definition) is 2. The summed E-state index contributed by atoms with van der Waals surface area (Å²) in [5.74, 6) is 0.319. The molecule has 1 amide bonds. The van der Waals surface area contributed by atoms with Crippen LogP contribution in [-0.2, 0) is 33.3 Å². The van der Waals surface area contributed by atoms with Crippen molar-refractivity contribution in [1.82, 2.24) is 14.5 Å². The van der Waals surface area contributed by atoms with E-state index in [1.54, 1.807) is 13.3 Å². The van der Waals surface area contributed by atoms with Crippen LogP contribution in [0.15, 0.2) is 30.6 Å². The summed E-state index contributed by atoms with van der Waals surface area (Å²) in [6, 6.07) is 5.85. The van der Waals surface area contributed by atoms with E-state index in [-0.39, 0.29) is 12.5 Å². The van der Waals surface area contributed by atoms with Gasteiger partial charge in [0.05, 0.1) is 48.3 Å². The number of rotatable bonds is 6. The summed E-state index contributed by atoms with van der Waals surface area (Å²) in [4.78, 5) is 20.7. The van der Waals surface area contributed by atoms with Crippen molar-refractivity contribution in [2.24, 2.45) is 7.05 Å². The summed E-state index contributed by atoms with van der Waals surface area (Å²) in [6.07, 6.45) is 4.46. The van der Waals surface area contributed by atoms with Crippen molar-refractivity contribution in [2.75, 3.05) is 32.2 Å². The fourth-order valence-corrected chi connectivity index (χ4v) is 3.99. The van der Waals surface area contributed by atoms with Gasteiger partial charge < -0.3 is 24.5 Å². The van der Waals surface area contributed by atoms with E-state index < -0.39 is 5.41 Å². The van der Waals surface area contributed by atoms with Gasteiger partial charge in [-0.1, -0.05) is 0 Å². The van der Waals surface area contributed by atoms with Gasteiger partial charge in [0.1, 0.15) is 5.82 Å². The number of anilines is 1. The molecule has 1 aliphatic rings. The molecule has 0 aliphatic carbocycles. The summed E-state index contributed by atoms with van der Waals surface area (Å²) in [5, 5.41) is 13.8. The van der Waals surface area contributed by atoms with Crippen molar-refractivity contribution in [3.05, 3.63) is 41.9 Å². The van der Waals surface area contributed by atoms with E-state index in [1.807, 2.05) is 36.0 Å². The number of carbonyl (C=O) groups is 1. The zero-order valence-corrected chi connectivity index (χ0v) is 17.4. The molecule has 0 unspecified atom stereocenters. The van der Waals surface area contributed by atoms with Crippen molar-refractivity contribution in [3.63, 3.8) is 0 Å². The van der Waals surface area contributed by atoms with Gasteiger partial charge >= 0.3 is 0 Å². The number of fused-ring (bicyclic) bond motifs is 1. The molecule has 0 bridgehead atoms. The van der Waals surface area contributed by atoms with Crippen LogP contribution in [0.5, 0.6) is 0 Å². The topological polar surface area (TPSA) is 98.5 Å². The van der Waals surface area contributed by atoms with Gasteiger partial charge in [-0.2, -0.15) is 0 Å². The van der Waals surface area contributed by atoms with E-state index in [1.165, 1.54) is 6.92 Å². The van der Waals surface area contributed by atoms with Crippen LogP contribution < -0.4 is 5.32 Å². The molecule has 1 saturated heterocycles. The van der Waals surface area contributed by atoms with Crippen molar-refractivity contribution in [3.8, 4) is 11.3 Å². The minimum Gasteiger partial charge on any atom is -0.395 e. The lowest BCUT2D eigenvalue weighted by atomic mass is 9.83. The summed E-state index contributed by atoms with van der Waals surface area (Å²) in [5.41, 5.74) is 3.91. The monoisotopic (exact) mass is 410 g/mol. The number of nitrogens with zero attached hydrogens (tertiary/aromatic N) is 3. The van der Waals surface area contributed by atoms with E-state index in [0.29, 0.717) is 25.6 Å². The molecule has 0 aromatic carbocycles. The lowest BCUT2D eigenvalue weighted by molar-refractivity contribution is -0.114. The first kappa shape index (κ1) is 20.5. The fourth-order valence-electron chi connectivity index (χ4n) is 3.99. The molecule has 4 heterocycles. The van der Waals surface area contributed by atoms with Gasteiger partial charge in [-0.15, -0.1) is 0 Å². The van der Waals surface area contributed by atoms with Gasteiger partial charge in [-0.3, -0.25) is 9.78 Å². The number of aliphatic hydroxyl groups excluding tert-OH is 1. The Balaban J connectivity index is 1.89. The Labute approximate surface area is 174 Å². The van der Waals surface area contributed by atoms with Gasteiger partial charge in [-0.25, -0.2) is 4.98 Å². The summed E-state index contributed by atoms with van der Waals surface area (Å²) in [6.45, 7) is 2.92. The van der Waals surface area contributed by atoms with Crippen molar-refractivity contribution in [1.29, 1.82) is 0 Å². The predicted molar refractivity (Wildman–Crippen MR) is 113 cm³/mol. The van der Waals surface area contributed by atoms with Crippen LogP contribution in [0.3, 0.4) is 0 Å². The van der Waals surface area contributed by atoms with Crippen LogP contribution in [0.25, 0.3) is 22.2 Å². The Morgan fingerprint density at radius 1 is 1.40 bits per heavy atom. The number of pyridine rings is 2. The Hall–Kier alpha value is -2.81. The highest BCUT2D eigenvalue weighted by Crippen LogP contribution is 2.36. The van der Waals surface area contributed by atoms with Gasteiger partial charge in [0.15, 0.2) is 0 Å². The third kappa shape index (κ3) is 3.69. The first-order valence-electron chi connectivity index (χ1n) is 9.88. The number of methoxy groups -OCH3 is 1. The van der Waals surface area contributed by atoms with Gasteiger partial charge in [0.2, 0.25) is 5.91 Å². The normalized spacial score (nSPS) is 18.8. The maximum Gasteiger partial charge on any atom is 0.222 e. The maximum absolute atomic E-state index is 11.5. The minimum absolute atomic E-state index is 0.0258. The van der Waals surface area contributed by atoms with Crippen LogP contribution in [0.1, 0.15) is 24.6 Å². The number of hydrogen-bond acceptors (Lipinski definition) is 6. The number of aliphatic hydroxyl groups is 1. The van der Waals surface area contributed by atoms with Gasteiger partial charge in [0.25, 0.3) is 0 Å². The molecule has 0 saturated carbocycles. The van der Waals surface area contributed by atoms with Crippen molar-refractivity contribution < 1.29 is 19.4 Å². The van der Waals surface area contributed by atoms with E-state index in [0.717, 1.165) is 39.8 Å². The zero-order valence-electron chi connectivity index (χ0n) is 17.4. The van der Waals surface area contributed by atoms with Gasteiger partial charge in [-0.05, 0) is 30.2 Å². The molecule has 8 nitrogen and oxygen atoms in total. The number of aryl methyl sites for hydroxylation is 1. The molecular formula is C22H26N4O4. The van der Waals surface area contributed by atoms with E-state index in [4.69, 9.17) is 14.5 Å². The average molecular weight is 410 g/mol. The number of amides is 1. The van der Waals surface area contributed by atoms with Crippen LogP contribution in [-0.4, -0.2) is 52.5 Å². The SMILES string of the molecule is COCc1cc(-c2cn(C)c3cnc(NC(C)=O)cc23)nc([C@@]2(CO)CCOC2)c1. The summed E-state index contributed by atoms with van der Waals surface area (Å²) >= 11 is 0. The van der Waals surface area contributed by atoms with Crippen molar-refractivity contribution in [2.45, 2.75) is 25.4 Å². The second kappa shape index (κ2) is 8.14. The minimum atomic E-state index is -0.508. The van der Waals surface area contributed by atoms with E-state index in [2.05, 4.69) is 10.3 Å². The quantitative estimate of drug-likeness (QED) is 0.648. The Morgan fingerprint density at radius 2 is 2.23 bits per heavy atom. The molecule has 158 valence electrons. The van der Waals surface area contributed by atoms with E-state index in [9.17, 15) is 9.90 Å². The summed E-state index contributed by atoms with van der Waals surface area (Å²) < 4.78 is 13.0. The van der Waals surface area contributed by atoms with Crippen LogP contribution in [0, 0.1) is 0 Å². The molecule has 0 radical (unpaired) electrons. The third-order valence-corrected chi connectivity index (χ3v) is 5.60. The molecule has 30 heavy (non-hydrogen) atoms. The number of aromatic nitrogens is 3. The number of carbonyl (C=O) groups excluding carboxylic acids is 1. The average Bonchev–Trinajstić information content (AvgIpc) is 3.33. The molecule has 1 aliphatic heterocycles. The molecule has 1 atom stereocenters. The molecule has 2 N–H and O–H groups in total. The second-order valence-corrected chi connectivity index (χ2v) is 7.84. The van der Waals surface area contributed by atoms with E-state index >= 15 is 0 Å². The highest BCUT2D eigenvalue weighted by Gasteiger charge is 2.38.